The maximum atomic E-state index is 12.4. The number of hydrogen-bond acceptors (Lipinski definition) is 4. The fourth-order valence-corrected chi connectivity index (χ4v) is 3.17. The summed E-state index contributed by atoms with van der Waals surface area (Å²) in [6.07, 6.45) is 5.80. The topological polar surface area (TPSA) is 73.2 Å². The quantitative estimate of drug-likeness (QED) is 0.682. The molecule has 23 heavy (non-hydrogen) atoms. The van der Waals surface area contributed by atoms with Crippen LogP contribution < -0.4 is 10.1 Å². The molecule has 0 spiro atoms. The average Bonchev–Trinajstić information content (AvgIpc) is 2.98. The van der Waals surface area contributed by atoms with Crippen molar-refractivity contribution in [3.63, 3.8) is 0 Å². The number of benzene rings is 1. The molecule has 1 aromatic carbocycles. The highest BCUT2D eigenvalue weighted by Gasteiger charge is 2.22. The summed E-state index contributed by atoms with van der Waals surface area (Å²) in [5.41, 5.74) is 3.27. The third-order valence-electron chi connectivity index (χ3n) is 4.39. The molecule has 0 aliphatic carbocycles. The zero-order chi connectivity index (χ0) is 15.8. The van der Waals surface area contributed by atoms with Gasteiger partial charge in [0.1, 0.15) is 11.3 Å². The third kappa shape index (κ3) is 2.60. The summed E-state index contributed by atoms with van der Waals surface area (Å²) in [4.78, 5) is 23.9. The Kier molecular flexibility index (Phi) is 3.37. The predicted octanol–water partition coefficient (Wildman–Crippen LogP) is 2.32. The number of aryl methyl sites for hydroxylation is 2. The smallest absolute Gasteiger partial charge is 0.347 e. The van der Waals surface area contributed by atoms with Crippen molar-refractivity contribution in [2.45, 2.75) is 38.6 Å². The molecule has 0 bridgehead atoms. The molecule has 2 aromatic rings. The van der Waals surface area contributed by atoms with E-state index in [1.165, 1.54) is 0 Å². The fourth-order valence-electron chi connectivity index (χ4n) is 3.17. The molecule has 0 unspecified atom stereocenters. The molecule has 4 rings (SSSR count). The normalized spacial score (nSPS) is 16.3. The maximum absolute atomic E-state index is 12.4. The Bertz CT molecular complexity index is 794. The number of esters is 1. The van der Waals surface area contributed by atoms with E-state index >= 15 is 0 Å². The largest absolute Gasteiger partial charge is 0.423 e. The van der Waals surface area contributed by atoms with Crippen molar-refractivity contribution >= 4 is 17.6 Å². The molecular formula is C17H17N3O3. The van der Waals surface area contributed by atoms with Gasteiger partial charge >= 0.3 is 5.97 Å². The maximum Gasteiger partial charge on any atom is 0.347 e. The van der Waals surface area contributed by atoms with E-state index in [0.717, 1.165) is 42.8 Å². The van der Waals surface area contributed by atoms with E-state index in [1.54, 1.807) is 18.3 Å². The number of carbonyl (C=O) groups is 2. The number of nitrogens with zero attached hydrogens (tertiary/aromatic N) is 2. The van der Waals surface area contributed by atoms with E-state index in [1.807, 2.05) is 10.7 Å². The second-order valence-corrected chi connectivity index (χ2v) is 5.94. The van der Waals surface area contributed by atoms with Crippen molar-refractivity contribution < 1.29 is 14.3 Å². The van der Waals surface area contributed by atoms with Gasteiger partial charge in [-0.1, -0.05) is 6.07 Å². The Morgan fingerprint density at radius 3 is 3.04 bits per heavy atom. The molecule has 1 N–H and O–H groups in total. The molecule has 3 heterocycles. The van der Waals surface area contributed by atoms with Gasteiger partial charge in [-0.3, -0.25) is 9.48 Å². The van der Waals surface area contributed by atoms with Crippen molar-refractivity contribution in [3.8, 4) is 5.75 Å². The predicted molar refractivity (Wildman–Crippen MR) is 83.5 cm³/mol. The van der Waals surface area contributed by atoms with Crippen LogP contribution in [0, 0.1) is 0 Å². The standard InChI is InChI=1S/C17H17N3O3/c21-16-7-5-11-4-6-12(9-14(11)19-16)23-17(22)13-10-18-20-8-2-1-3-15(13)20/h4,6,9-10H,1-3,5,7-8H2,(H,19,21). The Hall–Kier alpha value is -2.63. The van der Waals surface area contributed by atoms with Gasteiger partial charge in [0.15, 0.2) is 0 Å². The number of rotatable bonds is 2. The van der Waals surface area contributed by atoms with Gasteiger partial charge in [0.25, 0.3) is 0 Å². The van der Waals surface area contributed by atoms with Crippen LogP contribution in [0.3, 0.4) is 0 Å². The van der Waals surface area contributed by atoms with Crippen LogP contribution in [0.2, 0.25) is 0 Å². The van der Waals surface area contributed by atoms with E-state index in [2.05, 4.69) is 10.4 Å². The molecule has 0 saturated heterocycles. The van der Waals surface area contributed by atoms with Crippen molar-refractivity contribution in [3.05, 3.63) is 41.2 Å². The number of carbonyl (C=O) groups excluding carboxylic acids is 2. The summed E-state index contributed by atoms with van der Waals surface area (Å²) >= 11 is 0. The van der Waals surface area contributed by atoms with E-state index < -0.39 is 5.97 Å². The number of nitrogens with one attached hydrogen (secondary N) is 1. The van der Waals surface area contributed by atoms with Gasteiger partial charge in [0, 0.05) is 24.7 Å². The van der Waals surface area contributed by atoms with Gasteiger partial charge < -0.3 is 10.1 Å². The third-order valence-corrected chi connectivity index (χ3v) is 4.39. The Morgan fingerprint density at radius 2 is 2.13 bits per heavy atom. The minimum Gasteiger partial charge on any atom is -0.423 e. The number of amides is 1. The highest BCUT2D eigenvalue weighted by atomic mass is 16.5. The average molecular weight is 311 g/mol. The molecule has 0 fully saturated rings. The minimum absolute atomic E-state index is 0.00770. The summed E-state index contributed by atoms with van der Waals surface area (Å²) in [5.74, 6) is 0.0358. The van der Waals surface area contributed by atoms with Gasteiger partial charge in [-0.2, -0.15) is 5.10 Å². The Labute approximate surface area is 133 Å². The zero-order valence-corrected chi connectivity index (χ0v) is 12.7. The molecule has 0 saturated carbocycles. The molecule has 0 atom stereocenters. The zero-order valence-electron chi connectivity index (χ0n) is 12.7. The number of ether oxygens (including phenoxy) is 1. The summed E-state index contributed by atoms with van der Waals surface area (Å²) in [6.45, 7) is 0.855. The first-order valence-electron chi connectivity index (χ1n) is 7.90. The first-order chi connectivity index (χ1) is 11.2. The van der Waals surface area contributed by atoms with Crippen LogP contribution in [0.4, 0.5) is 5.69 Å². The van der Waals surface area contributed by atoms with E-state index in [4.69, 9.17) is 4.74 Å². The lowest BCUT2D eigenvalue weighted by molar-refractivity contribution is -0.116. The molecular weight excluding hydrogens is 294 g/mol. The van der Waals surface area contributed by atoms with Crippen LogP contribution in [-0.2, 0) is 24.2 Å². The first-order valence-corrected chi connectivity index (χ1v) is 7.90. The Morgan fingerprint density at radius 1 is 1.22 bits per heavy atom. The first kappa shape index (κ1) is 14.0. The van der Waals surface area contributed by atoms with Crippen molar-refractivity contribution in [1.29, 1.82) is 0 Å². The second-order valence-electron chi connectivity index (χ2n) is 5.94. The molecule has 2 aliphatic heterocycles. The lowest BCUT2D eigenvalue weighted by Gasteiger charge is -2.17. The van der Waals surface area contributed by atoms with Crippen LogP contribution in [0.25, 0.3) is 0 Å². The number of anilines is 1. The van der Waals surface area contributed by atoms with Gasteiger partial charge in [-0.15, -0.1) is 0 Å². The van der Waals surface area contributed by atoms with Gasteiger partial charge in [0.05, 0.1) is 11.9 Å². The number of fused-ring (bicyclic) bond motifs is 2. The lowest BCUT2D eigenvalue weighted by atomic mass is 10.0. The lowest BCUT2D eigenvalue weighted by Crippen LogP contribution is -2.19. The van der Waals surface area contributed by atoms with Crippen LogP contribution in [-0.4, -0.2) is 21.7 Å². The highest BCUT2D eigenvalue weighted by Crippen LogP contribution is 2.28. The Balaban J connectivity index is 1.56. The molecule has 1 amide bonds. The molecule has 118 valence electrons. The van der Waals surface area contributed by atoms with Crippen LogP contribution in [0.5, 0.6) is 5.75 Å². The van der Waals surface area contributed by atoms with Crippen molar-refractivity contribution in [2.75, 3.05) is 5.32 Å². The number of hydrogen-bond donors (Lipinski definition) is 1. The van der Waals surface area contributed by atoms with Gasteiger partial charge in [0.2, 0.25) is 5.91 Å². The molecule has 0 radical (unpaired) electrons. The van der Waals surface area contributed by atoms with E-state index in [-0.39, 0.29) is 5.91 Å². The molecule has 6 nitrogen and oxygen atoms in total. The summed E-state index contributed by atoms with van der Waals surface area (Å²) in [6, 6.07) is 5.37. The van der Waals surface area contributed by atoms with E-state index in [0.29, 0.717) is 24.2 Å². The van der Waals surface area contributed by atoms with Crippen molar-refractivity contribution in [1.82, 2.24) is 9.78 Å². The summed E-state index contributed by atoms with van der Waals surface area (Å²) < 4.78 is 7.36. The monoisotopic (exact) mass is 311 g/mol. The fraction of sp³-hybridized carbons (Fsp3) is 0.353. The molecule has 6 heteroatoms. The highest BCUT2D eigenvalue weighted by molar-refractivity contribution is 5.95. The van der Waals surface area contributed by atoms with Gasteiger partial charge in [-0.25, -0.2) is 4.79 Å². The summed E-state index contributed by atoms with van der Waals surface area (Å²) in [7, 11) is 0. The summed E-state index contributed by atoms with van der Waals surface area (Å²) in [5, 5.41) is 7.07. The van der Waals surface area contributed by atoms with Gasteiger partial charge in [-0.05, 0) is 37.3 Å². The minimum atomic E-state index is -0.393. The van der Waals surface area contributed by atoms with Crippen molar-refractivity contribution in [2.24, 2.45) is 0 Å². The molecule has 1 aromatic heterocycles. The van der Waals surface area contributed by atoms with Crippen LogP contribution >= 0.6 is 0 Å². The molecule has 2 aliphatic rings. The van der Waals surface area contributed by atoms with E-state index in [9.17, 15) is 9.59 Å². The second kappa shape index (κ2) is 5.53. The van der Waals surface area contributed by atoms with Crippen LogP contribution in [0.1, 0.15) is 40.9 Å². The van der Waals surface area contributed by atoms with Crippen LogP contribution in [0.15, 0.2) is 24.4 Å². The number of aromatic nitrogens is 2. The SMILES string of the molecule is O=C1CCc2ccc(OC(=O)c3cnn4c3CCCC4)cc2N1.